The topological polar surface area (TPSA) is 60.9 Å². The van der Waals surface area contributed by atoms with Crippen molar-refractivity contribution < 1.29 is 27.8 Å². The molecule has 1 aliphatic heterocycles. The van der Waals surface area contributed by atoms with Gasteiger partial charge in [0, 0.05) is 30.6 Å². The van der Waals surface area contributed by atoms with Gasteiger partial charge in [-0.25, -0.2) is 0 Å². The molecule has 3 aromatic rings. The van der Waals surface area contributed by atoms with Gasteiger partial charge in [0.2, 0.25) is 0 Å². The summed E-state index contributed by atoms with van der Waals surface area (Å²) in [6.07, 6.45) is 3.40. The Hall–Kier alpha value is -3.52. The molecular weight excluding hydrogens is 406 g/mol. The number of anilines is 2. The first-order valence-corrected chi connectivity index (χ1v) is 9.74. The van der Waals surface area contributed by atoms with Crippen LogP contribution >= 0.6 is 0 Å². The zero-order valence-corrected chi connectivity index (χ0v) is 16.5. The number of amides is 1. The molecule has 0 bridgehead atoms. The van der Waals surface area contributed by atoms with Gasteiger partial charge in [-0.1, -0.05) is 18.2 Å². The molecule has 0 radical (unpaired) electrons. The van der Waals surface area contributed by atoms with Gasteiger partial charge in [0.1, 0.15) is 6.10 Å². The average molecular weight is 426 g/mol. The highest BCUT2D eigenvalue weighted by molar-refractivity contribution is 6.10. The Morgan fingerprint density at radius 2 is 1.90 bits per heavy atom. The number of alkyl halides is 2. The van der Waals surface area contributed by atoms with Crippen molar-refractivity contribution in [2.45, 2.75) is 19.1 Å². The number of hydrogen-bond acceptors (Lipinski definition) is 5. The molecule has 4 rings (SSSR count). The van der Waals surface area contributed by atoms with Crippen molar-refractivity contribution >= 4 is 17.3 Å². The molecule has 1 atom stereocenters. The minimum Gasteiger partial charge on any atom is -0.484 e. The Bertz CT molecular complexity index is 1010. The highest BCUT2D eigenvalue weighted by atomic mass is 19.3. The van der Waals surface area contributed by atoms with E-state index in [2.05, 4.69) is 9.72 Å². The van der Waals surface area contributed by atoms with Crippen LogP contribution in [-0.2, 0) is 4.74 Å². The van der Waals surface area contributed by atoms with Crippen LogP contribution in [0.25, 0.3) is 0 Å². The van der Waals surface area contributed by atoms with E-state index < -0.39 is 6.61 Å². The van der Waals surface area contributed by atoms with Crippen molar-refractivity contribution in [2.24, 2.45) is 0 Å². The SMILES string of the molecule is O=C(c1cccnc1)N(c1ccccc1)c1ccc(OC(F)F)c(OC2CCOC2)c1. The highest BCUT2D eigenvalue weighted by Gasteiger charge is 2.24. The van der Waals surface area contributed by atoms with Crippen molar-refractivity contribution in [3.05, 3.63) is 78.6 Å². The van der Waals surface area contributed by atoms with Crippen molar-refractivity contribution in [2.75, 3.05) is 18.1 Å². The van der Waals surface area contributed by atoms with Gasteiger partial charge >= 0.3 is 6.61 Å². The standard InChI is InChI=1S/C23H20F2N2O4/c24-23(25)31-20-9-8-18(13-21(20)30-19-10-12-29-15-19)27(17-6-2-1-3-7-17)22(28)16-5-4-11-26-14-16/h1-9,11,13-14,19,23H,10,12,15H2. The molecule has 1 unspecified atom stereocenters. The summed E-state index contributed by atoms with van der Waals surface area (Å²) in [5, 5.41) is 0. The van der Waals surface area contributed by atoms with Crippen LogP contribution in [0.15, 0.2) is 73.1 Å². The van der Waals surface area contributed by atoms with Crippen LogP contribution in [-0.4, -0.2) is 36.8 Å². The summed E-state index contributed by atoms with van der Waals surface area (Å²) in [6, 6.07) is 16.8. The Balaban J connectivity index is 1.75. The average Bonchev–Trinajstić information content (AvgIpc) is 3.30. The maximum absolute atomic E-state index is 13.3. The van der Waals surface area contributed by atoms with E-state index in [4.69, 9.17) is 9.47 Å². The van der Waals surface area contributed by atoms with Crippen LogP contribution in [0.2, 0.25) is 0 Å². The van der Waals surface area contributed by atoms with Gasteiger partial charge in [0.25, 0.3) is 5.91 Å². The third kappa shape index (κ3) is 4.97. The molecule has 1 aromatic heterocycles. The Labute approximate surface area is 178 Å². The molecule has 0 saturated carbocycles. The van der Waals surface area contributed by atoms with Crippen LogP contribution < -0.4 is 14.4 Å². The van der Waals surface area contributed by atoms with E-state index in [0.717, 1.165) is 0 Å². The van der Waals surface area contributed by atoms with Gasteiger partial charge in [0.15, 0.2) is 11.5 Å². The number of carbonyl (C=O) groups is 1. The lowest BCUT2D eigenvalue weighted by Crippen LogP contribution is -2.26. The third-order valence-corrected chi connectivity index (χ3v) is 4.71. The summed E-state index contributed by atoms with van der Waals surface area (Å²) in [4.78, 5) is 18.8. The first-order chi connectivity index (χ1) is 15.1. The molecule has 1 saturated heterocycles. The molecule has 0 spiro atoms. The number of nitrogens with zero attached hydrogens (tertiary/aromatic N) is 2. The van der Waals surface area contributed by atoms with Gasteiger partial charge < -0.3 is 14.2 Å². The summed E-state index contributed by atoms with van der Waals surface area (Å²) in [5.41, 5.74) is 1.43. The Kier molecular flexibility index (Phi) is 6.37. The van der Waals surface area contributed by atoms with Crippen LogP contribution in [0, 0.1) is 0 Å². The van der Waals surface area contributed by atoms with Crippen LogP contribution in [0.3, 0.4) is 0 Å². The number of aromatic nitrogens is 1. The number of ether oxygens (including phenoxy) is 3. The molecule has 1 fully saturated rings. The summed E-state index contributed by atoms with van der Waals surface area (Å²) in [7, 11) is 0. The fourth-order valence-electron chi connectivity index (χ4n) is 3.29. The van der Waals surface area contributed by atoms with Gasteiger partial charge in [-0.2, -0.15) is 8.78 Å². The van der Waals surface area contributed by atoms with Crippen molar-refractivity contribution in [1.82, 2.24) is 4.98 Å². The van der Waals surface area contributed by atoms with Gasteiger partial charge in [0.05, 0.1) is 24.5 Å². The second kappa shape index (κ2) is 9.53. The van der Waals surface area contributed by atoms with E-state index in [1.807, 2.05) is 6.07 Å². The van der Waals surface area contributed by atoms with Crippen LogP contribution in [0.1, 0.15) is 16.8 Å². The maximum Gasteiger partial charge on any atom is 0.387 e. The quantitative estimate of drug-likeness (QED) is 0.542. The Morgan fingerprint density at radius 3 is 2.58 bits per heavy atom. The molecular formula is C23H20F2N2O4. The number of rotatable bonds is 7. The van der Waals surface area contributed by atoms with E-state index in [1.54, 1.807) is 42.6 Å². The number of pyridine rings is 1. The van der Waals surface area contributed by atoms with Crippen molar-refractivity contribution in [3.8, 4) is 11.5 Å². The number of hydrogen-bond donors (Lipinski definition) is 0. The Morgan fingerprint density at radius 1 is 1.06 bits per heavy atom. The zero-order chi connectivity index (χ0) is 21.6. The largest absolute Gasteiger partial charge is 0.484 e. The summed E-state index contributed by atoms with van der Waals surface area (Å²) >= 11 is 0. The normalized spacial score (nSPS) is 15.6. The minimum absolute atomic E-state index is 0.104. The summed E-state index contributed by atoms with van der Waals surface area (Å²) < 4.78 is 41.6. The molecule has 160 valence electrons. The van der Waals surface area contributed by atoms with Gasteiger partial charge in [-0.3, -0.25) is 14.7 Å². The first-order valence-electron chi connectivity index (χ1n) is 9.74. The maximum atomic E-state index is 13.3. The predicted octanol–water partition coefficient (Wildman–Crippen LogP) is 4.83. The van der Waals surface area contributed by atoms with E-state index in [1.165, 1.54) is 29.3 Å². The lowest BCUT2D eigenvalue weighted by Gasteiger charge is -2.25. The van der Waals surface area contributed by atoms with Gasteiger partial charge in [-0.15, -0.1) is 0 Å². The van der Waals surface area contributed by atoms with E-state index in [9.17, 15) is 13.6 Å². The van der Waals surface area contributed by atoms with E-state index in [-0.39, 0.29) is 23.5 Å². The first kappa shape index (κ1) is 20.7. The molecule has 2 heterocycles. The second-order valence-electron chi connectivity index (χ2n) is 6.83. The molecule has 31 heavy (non-hydrogen) atoms. The smallest absolute Gasteiger partial charge is 0.387 e. The zero-order valence-electron chi connectivity index (χ0n) is 16.5. The van der Waals surface area contributed by atoms with Crippen LogP contribution in [0.4, 0.5) is 20.2 Å². The highest BCUT2D eigenvalue weighted by Crippen LogP contribution is 2.37. The molecule has 2 aromatic carbocycles. The van der Waals surface area contributed by atoms with Gasteiger partial charge in [-0.05, 0) is 36.4 Å². The molecule has 0 aliphatic carbocycles. The van der Waals surface area contributed by atoms with E-state index >= 15 is 0 Å². The minimum atomic E-state index is -3.00. The number of carbonyl (C=O) groups excluding carboxylic acids is 1. The lowest BCUT2D eigenvalue weighted by molar-refractivity contribution is -0.0520. The lowest BCUT2D eigenvalue weighted by atomic mass is 10.1. The third-order valence-electron chi connectivity index (χ3n) is 4.71. The second-order valence-corrected chi connectivity index (χ2v) is 6.83. The summed E-state index contributed by atoms with van der Waals surface area (Å²) in [5.74, 6) is -0.308. The van der Waals surface area contributed by atoms with Crippen molar-refractivity contribution in [1.29, 1.82) is 0 Å². The monoisotopic (exact) mass is 426 g/mol. The summed E-state index contributed by atoms with van der Waals surface area (Å²) in [6.45, 7) is -2.12. The fourth-order valence-corrected chi connectivity index (χ4v) is 3.29. The molecule has 0 N–H and O–H groups in total. The van der Waals surface area contributed by atoms with Crippen LogP contribution in [0.5, 0.6) is 11.5 Å². The predicted molar refractivity (Wildman–Crippen MR) is 110 cm³/mol. The van der Waals surface area contributed by atoms with Crippen molar-refractivity contribution in [3.63, 3.8) is 0 Å². The number of para-hydroxylation sites is 1. The molecule has 8 heteroatoms. The number of halogens is 2. The number of benzene rings is 2. The molecule has 1 aliphatic rings. The molecule has 6 nitrogen and oxygen atoms in total. The van der Waals surface area contributed by atoms with E-state index in [0.29, 0.717) is 36.6 Å². The molecule has 1 amide bonds. The fraction of sp³-hybridized carbons (Fsp3) is 0.217.